The number of rotatable bonds is 9. The number of aromatic nitrogens is 2. The Morgan fingerprint density at radius 2 is 1.92 bits per heavy atom. The number of hydrogen-bond acceptors (Lipinski definition) is 7. The Bertz CT molecular complexity index is 1400. The Hall–Kier alpha value is -3.04. The second-order valence-corrected chi connectivity index (χ2v) is 11.5. The first kappa shape index (κ1) is 24.0. The Morgan fingerprint density at radius 1 is 1.11 bits per heavy atom. The monoisotopic (exact) mass is 528 g/mol. The Labute approximate surface area is 226 Å². The molecule has 1 N–H and O–H groups in total. The molecule has 7 rings (SSSR count). The van der Waals surface area contributed by atoms with Crippen molar-refractivity contribution in [2.45, 2.75) is 37.5 Å². The number of carbonyl (C=O) groups excluding carboxylic acids is 1. The van der Waals surface area contributed by atoms with Crippen molar-refractivity contribution in [3.05, 3.63) is 70.4 Å². The van der Waals surface area contributed by atoms with Crippen LogP contribution in [0.5, 0.6) is 5.75 Å². The van der Waals surface area contributed by atoms with Crippen LogP contribution in [-0.4, -0.2) is 77.3 Å². The van der Waals surface area contributed by atoms with E-state index in [2.05, 4.69) is 55.0 Å². The predicted molar refractivity (Wildman–Crippen MR) is 149 cm³/mol. The zero-order valence-corrected chi connectivity index (χ0v) is 22.2. The van der Waals surface area contributed by atoms with Crippen molar-refractivity contribution >= 4 is 28.0 Å². The molecule has 8 heteroatoms. The van der Waals surface area contributed by atoms with Crippen LogP contribution >= 0.6 is 11.3 Å². The number of Topliss-reactive ketones (excluding diaryl/α,β-unsaturated/α-hetero) is 1. The zero-order chi connectivity index (χ0) is 25.5. The molecule has 0 radical (unpaired) electrons. The highest BCUT2D eigenvalue weighted by molar-refractivity contribution is 7.08. The third kappa shape index (κ3) is 4.66. The molecule has 0 amide bonds. The average molecular weight is 529 g/mol. The molecular formula is C30H32N4O3S. The Balaban J connectivity index is 1.06. The van der Waals surface area contributed by atoms with E-state index in [0.717, 1.165) is 91.3 Å². The standard InChI is InChI=1S/C30H32N4O3S/c35-28(30(22-9-12-38-19-22)33-10-1-2-11-33)14-20-3-8-27-26(13-20)29(32-31-27)21-4-6-24(7-5-21)37-25-15-34(16-25)23-17-36-18-23/h3-9,12-13,19,23,25,30H,1-2,10-11,14-18H2,(H,31,32). The average Bonchev–Trinajstić information content (AvgIpc) is 3.65. The first-order chi connectivity index (χ1) is 18.7. The molecule has 3 aliphatic heterocycles. The summed E-state index contributed by atoms with van der Waals surface area (Å²) in [5, 5.41) is 13.0. The molecule has 0 bridgehead atoms. The number of fused-ring (bicyclic) bond motifs is 1. The third-order valence-corrected chi connectivity index (χ3v) is 8.82. The van der Waals surface area contributed by atoms with Gasteiger partial charge in [0.1, 0.15) is 11.9 Å². The van der Waals surface area contributed by atoms with Crippen molar-refractivity contribution in [1.82, 2.24) is 20.0 Å². The van der Waals surface area contributed by atoms with Crippen molar-refractivity contribution in [2.24, 2.45) is 0 Å². The van der Waals surface area contributed by atoms with Crippen molar-refractivity contribution in [2.75, 3.05) is 39.4 Å². The van der Waals surface area contributed by atoms with Gasteiger partial charge in [-0.15, -0.1) is 0 Å². The third-order valence-electron chi connectivity index (χ3n) is 8.12. The fourth-order valence-corrected chi connectivity index (χ4v) is 6.56. The lowest BCUT2D eigenvalue weighted by atomic mass is 9.97. The molecule has 196 valence electrons. The number of ether oxygens (including phenoxy) is 2. The molecule has 0 aliphatic carbocycles. The predicted octanol–water partition coefficient (Wildman–Crippen LogP) is 4.70. The smallest absolute Gasteiger partial charge is 0.158 e. The van der Waals surface area contributed by atoms with E-state index in [-0.39, 0.29) is 17.9 Å². The Kier molecular flexibility index (Phi) is 6.49. The molecule has 38 heavy (non-hydrogen) atoms. The van der Waals surface area contributed by atoms with Gasteiger partial charge in [-0.05, 0) is 90.3 Å². The van der Waals surface area contributed by atoms with E-state index in [4.69, 9.17) is 9.47 Å². The van der Waals surface area contributed by atoms with Gasteiger partial charge >= 0.3 is 0 Å². The summed E-state index contributed by atoms with van der Waals surface area (Å²) in [6.45, 7) is 5.61. The van der Waals surface area contributed by atoms with Crippen molar-refractivity contribution in [3.8, 4) is 17.0 Å². The molecule has 7 nitrogen and oxygen atoms in total. The number of aromatic amines is 1. The molecular weight excluding hydrogens is 496 g/mol. The normalized spacial score (nSPS) is 19.9. The quantitative estimate of drug-likeness (QED) is 0.340. The molecule has 0 saturated carbocycles. The topological polar surface area (TPSA) is 70.7 Å². The van der Waals surface area contributed by atoms with Crippen LogP contribution < -0.4 is 4.74 Å². The van der Waals surface area contributed by atoms with Crippen LogP contribution in [0, 0.1) is 0 Å². The van der Waals surface area contributed by atoms with Gasteiger partial charge in [-0.2, -0.15) is 16.4 Å². The highest BCUT2D eigenvalue weighted by Gasteiger charge is 2.37. The van der Waals surface area contributed by atoms with Crippen LogP contribution in [0.15, 0.2) is 59.3 Å². The van der Waals surface area contributed by atoms with E-state index in [1.807, 2.05) is 24.3 Å². The first-order valence-corrected chi connectivity index (χ1v) is 14.5. The summed E-state index contributed by atoms with van der Waals surface area (Å²) in [6.07, 6.45) is 2.98. The minimum atomic E-state index is -0.152. The number of nitrogens with zero attached hydrogens (tertiary/aromatic N) is 3. The van der Waals surface area contributed by atoms with Gasteiger partial charge in [-0.1, -0.05) is 6.07 Å². The molecule has 2 aromatic heterocycles. The van der Waals surface area contributed by atoms with Crippen molar-refractivity contribution in [1.29, 1.82) is 0 Å². The molecule has 2 aromatic carbocycles. The first-order valence-electron chi connectivity index (χ1n) is 13.6. The molecule has 3 aliphatic rings. The number of hydrogen-bond donors (Lipinski definition) is 1. The SMILES string of the molecule is O=C(Cc1ccc2[nH]nc(-c3ccc(OC4CN(C5COC5)C4)cc3)c2c1)C(c1ccsc1)N1CCCC1. The number of H-pyrrole nitrogens is 1. The highest BCUT2D eigenvalue weighted by atomic mass is 32.1. The summed E-state index contributed by atoms with van der Waals surface area (Å²) in [5.41, 5.74) is 5.05. The van der Waals surface area contributed by atoms with Crippen LogP contribution in [0.2, 0.25) is 0 Å². The van der Waals surface area contributed by atoms with Crippen molar-refractivity contribution < 1.29 is 14.3 Å². The number of carbonyl (C=O) groups is 1. The molecule has 1 unspecified atom stereocenters. The van der Waals surface area contributed by atoms with Gasteiger partial charge < -0.3 is 9.47 Å². The van der Waals surface area contributed by atoms with Gasteiger partial charge in [0, 0.05) is 30.5 Å². The summed E-state index contributed by atoms with van der Waals surface area (Å²) in [5.74, 6) is 1.14. The van der Waals surface area contributed by atoms with Gasteiger partial charge in [0.15, 0.2) is 5.78 Å². The summed E-state index contributed by atoms with van der Waals surface area (Å²) in [6, 6.07) is 16.9. The number of ketones is 1. The summed E-state index contributed by atoms with van der Waals surface area (Å²) in [7, 11) is 0. The zero-order valence-electron chi connectivity index (χ0n) is 21.3. The second kappa shape index (κ2) is 10.3. The van der Waals surface area contributed by atoms with E-state index in [0.29, 0.717) is 12.5 Å². The van der Waals surface area contributed by atoms with E-state index >= 15 is 0 Å². The lowest BCUT2D eigenvalue weighted by Crippen LogP contribution is -2.62. The van der Waals surface area contributed by atoms with Crippen LogP contribution in [0.3, 0.4) is 0 Å². The maximum absolute atomic E-state index is 13.6. The maximum atomic E-state index is 13.6. The van der Waals surface area contributed by atoms with E-state index in [1.54, 1.807) is 11.3 Å². The lowest BCUT2D eigenvalue weighted by molar-refractivity contribution is -0.123. The van der Waals surface area contributed by atoms with Gasteiger partial charge in [-0.3, -0.25) is 19.7 Å². The van der Waals surface area contributed by atoms with E-state index in [9.17, 15) is 4.79 Å². The second-order valence-electron chi connectivity index (χ2n) is 10.7. The number of nitrogens with one attached hydrogen (secondary N) is 1. The maximum Gasteiger partial charge on any atom is 0.158 e. The lowest BCUT2D eigenvalue weighted by Gasteiger charge is -2.46. The fraction of sp³-hybridized carbons (Fsp3) is 0.400. The molecule has 4 aromatic rings. The van der Waals surface area contributed by atoms with Crippen LogP contribution in [0.4, 0.5) is 0 Å². The van der Waals surface area contributed by atoms with E-state index in [1.165, 1.54) is 0 Å². The fourth-order valence-electron chi connectivity index (χ4n) is 5.88. The minimum absolute atomic E-state index is 0.152. The number of likely N-dealkylation sites (tertiary alicyclic amines) is 2. The largest absolute Gasteiger partial charge is 0.488 e. The number of benzene rings is 2. The van der Waals surface area contributed by atoms with Gasteiger partial charge in [0.25, 0.3) is 0 Å². The van der Waals surface area contributed by atoms with Crippen LogP contribution in [-0.2, 0) is 16.0 Å². The van der Waals surface area contributed by atoms with Gasteiger partial charge in [0.05, 0.1) is 36.5 Å². The van der Waals surface area contributed by atoms with E-state index < -0.39 is 0 Å². The molecule has 1 atom stereocenters. The van der Waals surface area contributed by atoms with Crippen LogP contribution in [0.1, 0.15) is 30.0 Å². The molecule has 3 saturated heterocycles. The number of thiophene rings is 1. The molecule has 0 spiro atoms. The summed E-state index contributed by atoms with van der Waals surface area (Å²) >= 11 is 1.66. The Morgan fingerprint density at radius 3 is 2.63 bits per heavy atom. The van der Waals surface area contributed by atoms with Crippen molar-refractivity contribution in [3.63, 3.8) is 0 Å². The summed E-state index contributed by atoms with van der Waals surface area (Å²) in [4.78, 5) is 18.3. The minimum Gasteiger partial charge on any atom is -0.488 e. The molecule has 3 fully saturated rings. The van der Waals surface area contributed by atoms with Gasteiger partial charge in [-0.25, -0.2) is 0 Å². The summed E-state index contributed by atoms with van der Waals surface area (Å²) < 4.78 is 11.5. The highest BCUT2D eigenvalue weighted by Crippen LogP contribution is 2.32. The van der Waals surface area contributed by atoms with Crippen LogP contribution in [0.25, 0.3) is 22.2 Å². The van der Waals surface area contributed by atoms with Gasteiger partial charge in [0.2, 0.25) is 0 Å². The molecule has 5 heterocycles.